The fourth-order valence-electron chi connectivity index (χ4n) is 5.51. The third-order valence-corrected chi connectivity index (χ3v) is 7.79. The van der Waals surface area contributed by atoms with Crippen LogP contribution in [0.5, 0.6) is 0 Å². The number of urea groups is 1. The van der Waals surface area contributed by atoms with Crippen LogP contribution in [0.2, 0.25) is 0 Å². The molecule has 6 rings (SSSR count). The van der Waals surface area contributed by atoms with E-state index in [-0.39, 0.29) is 12.2 Å². The van der Waals surface area contributed by atoms with Gasteiger partial charge in [-0.05, 0) is 78.6 Å². The number of rotatable bonds is 8. The van der Waals surface area contributed by atoms with Crippen molar-refractivity contribution in [3.63, 3.8) is 0 Å². The molecule has 0 bridgehead atoms. The number of nitrogens with one attached hydrogen (secondary N) is 1. The van der Waals surface area contributed by atoms with Crippen molar-refractivity contribution in [2.75, 3.05) is 11.5 Å². The largest absolute Gasteiger partial charge is 0.462 e. The van der Waals surface area contributed by atoms with Crippen LogP contribution in [-0.4, -0.2) is 35.0 Å². The minimum absolute atomic E-state index is 0.175. The van der Waals surface area contributed by atoms with Crippen LogP contribution in [0.1, 0.15) is 35.3 Å². The molecule has 0 aliphatic carbocycles. The van der Waals surface area contributed by atoms with Crippen LogP contribution in [0, 0.1) is 0 Å². The Morgan fingerprint density at radius 2 is 1.37 bits per heavy atom. The number of nitrogens with zero attached hydrogens (tertiary/aromatic N) is 2. The van der Waals surface area contributed by atoms with E-state index in [0.29, 0.717) is 22.5 Å². The molecule has 0 radical (unpaired) electrons. The average molecular weight is 610 g/mol. The van der Waals surface area contributed by atoms with Crippen LogP contribution in [0.3, 0.4) is 0 Å². The highest BCUT2D eigenvalue weighted by Crippen LogP contribution is 2.38. The lowest BCUT2D eigenvalue weighted by molar-refractivity contribution is -0.122. The second-order valence-corrected chi connectivity index (χ2v) is 10.6. The first-order valence-corrected chi connectivity index (χ1v) is 15.0. The van der Waals surface area contributed by atoms with Crippen LogP contribution in [0.25, 0.3) is 34.3 Å². The zero-order valence-corrected chi connectivity index (χ0v) is 25.4. The molecule has 228 valence electrons. The highest BCUT2D eigenvalue weighted by atomic mass is 16.5. The van der Waals surface area contributed by atoms with Gasteiger partial charge in [0.15, 0.2) is 0 Å². The molecular formula is C38H31N3O5. The highest BCUT2D eigenvalue weighted by molar-refractivity contribution is 6.39. The topological polar surface area (TPSA) is 97.7 Å². The van der Waals surface area contributed by atoms with Crippen LogP contribution in [-0.2, 0) is 20.7 Å². The standard InChI is InChI=1S/C38H31N3O5/c1-3-25-15-19-31(20-16-25)41-36(43)32(35(42)39-38(41)45)23-29-24-33(26-11-7-5-8-12-26)40(34(29)27-13-9-6-10-14-27)30-21-17-28(18-22-30)37(44)46-4-2/h5-24H,3-4H2,1-2H3,(H,39,42,45)/b32-23+. The van der Waals surface area contributed by atoms with Crippen molar-refractivity contribution in [1.29, 1.82) is 0 Å². The number of ether oxygens (including phenoxy) is 1. The first-order chi connectivity index (χ1) is 22.4. The quantitative estimate of drug-likeness (QED) is 0.114. The Morgan fingerprint density at radius 1 is 0.761 bits per heavy atom. The van der Waals surface area contributed by atoms with Gasteiger partial charge in [0.1, 0.15) is 5.57 Å². The van der Waals surface area contributed by atoms with E-state index in [1.54, 1.807) is 31.2 Å². The van der Waals surface area contributed by atoms with Gasteiger partial charge in [0.2, 0.25) is 0 Å². The number of aryl methyl sites for hydroxylation is 1. The molecule has 1 fully saturated rings. The summed E-state index contributed by atoms with van der Waals surface area (Å²) < 4.78 is 7.21. The summed E-state index contributed by atoms with van der Waals surface area (Å²) in [7, 11) is 0. The lowest BCUT2D eigenvalue weighted by atomic mass is 10.0. The number of hydrogen-bond acceptors (Lipinski definition) is 5. The SMILES string of the molecule is CCOC(=O)c1ccc(-n2c(-c3ccccc3)cc(/C=C3\C(=O)NC(=O)N(c4ccc(CC)cc4)C3=O)c2-c2ccccc2)cc1. The molecule has 0 atom stereocenters. The predicted octanol–water partition coefficient (Wildman–Crippen LogP) is 7.22. The fraction of sp³-hybridized carbons (Fsp3) is 0.105. The molecule has 4 aromatic carbocycles. The molecule has 1 saturated heterocycles. The zero-order chi connectivity index (χ0) is 32.2. The van der Waals surface area contributed by atoms with Gasteiger partial charge in [-0.15, -0.1) is 0 Å². The van der Waals surface area contributed by atoms with E-state index in [2.05, 4.69) is 5.32 Å². The number of esters is 1. The number of amides is 4. The van der Waals surface area contributed by atoms with Crippen LogP contribution >= 0.6 is 0 Å². The maximum absolute atomic E-state index is 13.9. The first-order valence-electron chi connectivity index (χ1n) is 15.0. The summed E-state index contributed by atoms with van der Waals surface area (Å²) in [5.41, 5.74) is 6.24. The molecule has 5 aromatic rings. The van der Waals surface area contributed by atoms with E-state index in [9.17, 15) is 19.2 Å². The summed E-state index contributed by atoms with van der Waals surface area (Å²) in [6.45, 7) is 4.04. The van der Waals surface area contributed by atoms with Gasteiger partial charge in [-0.3, -0.25) is 14.9 Å². The number of carbonyl (C=O) groups is 4. The van der Waals surface area contributed by atoms with E-state index in [1.807, 2.05) is 102 Å². The molecule has 0 saturated carbocycles. The second kappa shape index (κ2) is 12.9. The molecule has 8 heteroatoms. The number of imide groups is 2. The van der Waals surface area contributed by atoms with Gasteiger partial charge in [-0.2, -0.15) is 0 Å². The summed E-state index contributed by atoms with van der Waals surface area (Å²) in [5.74, 6) is -1.91. The fourth-order valence-corrected chi connectivity index (χ4v) is 5.51. The zero-order valence-electron chi connectivity index (χ0n) is 25.4. The maximum atomic E-state index is 13.9. The number of carbonyl (C=O) groups excluding carboxylic acids is 4. The van der Waals surface area contributed by atoms with Gasteiger partial charge >= 0.3 is 12.0 Å². The average Bonchev–Trinajstić information content (AvgIpc) is 3.47. The van der Waals surface area contributed by atoms with Gasteiger partial charge in [0, 0.05) is 11.3 Å². The number of benzene rings is 4. The summed E-state index contributed by atoms with van der Waals surface area (Å²) in [6, 6.07) is 34.7. The van der Waals surface area contributed by atoms with Crippen LogP contribution < -0.4 is 10.2 Å². The third kappa shape index (κ3) is 5.76. The van der Waals surface area contributed by atoms with Crippen LogP contribution in [0.15, 0.2) is 121 Å². The van der Waals surface area contributed by atoms with Crippen molar-refractivity contribution in [2.45, 2.75) is 20.3 Å². The molecule has 8 nitrogen and oxygen atoms in total. The number of aromatic nitrogens is 1. The minimum atomic E-state index is -0.802. The Kier molecular flexibility index (Phi) is 8.43. The Bertz CT molecular complexity index is 1960. The van der Waals surface area contributed by atoms with Gasteiger partial charge < -0.3 is 9.30 Å². The van der Waals surface area contributed by atoms with Crippen molar-refractivity contribution >= 4 is 35.6 Å². The van der Waals surface area contributed by atoms with Gasteiger partial charge in [-0.25, -0.2) is 14.5 Å². The third-order valence-electron chi connectivity index (χ3n) is 7.79. The maximum Gasteiger partial charge on any atom is 0.338 e. The first kappa shape index (κ1) is 30.0. The number of anilines is 1. The van der Waals surface area contributed by atoms with Crippen LogP contribution in [0.4, 0.5) is 10.5 Å². The predicted molar refractivity (Wildman–Crippen MR) is 177 cm³/mol. The van der Waals surface area contributed by atoms with E-state index >= 15 is 0 Å². The van der Waals surface area contributed by atoms with E-state index in [4.69, 9.17) is 4.74 Å². The lowest BCUT2D eigenvalue weighted by Gasteiger charge is -2.26. The van der Waals surface area contributed by atoms with Crippen molar-refractivity contribution in [2.24, 2.45) is 0 Å². The number of barbiturate groups is 1. The van der Waals surface area contributed by atoms with Gasteiger partial charge in [0.25, 0.3) is 11.8 Å². The minimum Gasteiger partial charge on any atom is -0.462 e. The molecular weight excluding hydrogens is 578 g/mol. The van der Waals surface area contributed by atoms with E-state index in [1.165, 1.54) is 6.08 Å². The van der Waals surface area contributed by atoms with Crippen molar-refractivity contribution in [3.05, 3.63) is 138 Å². The number of hydrogen-bond donors (Lipinski definition) is 1. The molecule has 4 amide bonds. The molecule has 46 heavy (non-hydrogen) atoms. The second-order valence-electron chi connectivity index (χ2n) is 10.6. The smallest absolute Gasteiger partial charge is 0.338 e. The lowest BCUT2D eigenvalue weighted by Crippen LogP contribution is -2.54. The highest BCUT2D eigenvalue weighted by Gasteiger charge is 2.37. The molecule has 1 N–H and O–H groups in total. The molecule has 1 aliphatic heterocycles. The normalized spacial score (nSPS) is 14.0. The summed E-state index contributed by atoms with van der Waals surface area (Å²) in [4.78, 5) is 53.4. The molecule has 0 spiro atoms. The Hall–Kier alpha value is -6.02. The van der Waals surface area contributed by atoms with Gasteiger partial charge in [0.05, 0.1) is 29.2 Å². The molecule has 0 unspecified atom stereocenters. The van der Waals surface area contributed by atoms with Crippen molar-refractivity contribution in [3.8, 4) is 28.2 Å². The Balaban J connectivity index is 1.55. The van der Waals surface area contributed by atoms with Gasteiger partial charge in [-0.1, -0.05) is 79.7 Å². The summed E-state index contributed by atoms with van der Waals surface area (Å²) >= 11 is 0. The van der Waals surface area contributed by atoms with E-state index < -0.39 is 23.8 Å². The summed E-state index contributed by atoms with van der Waals surface area (Å²) in [5, 5.41) is 2.34. The summed E-state index contributed by atoms with van der Waals surface area (Å²) in [6.07, 6.45) is 2.34. The Morgan fingerprint density at radius 3 is 1.98 bits per heavy atom. The van der Waals surface area contributed by atoms with Crippen molar-refractivity contribution in [1.82, 2.24) is 9.88 Å². The Labute approximate surface area is 266 Å². The van der Waals surface area contributed by atoms with Crippen molar-refractivity contribution < 1.29 is 23.9 Å². The monoisotopic (exact) mass is 609 g/mol. The molecule has 2 heterocycles. The molecule has 1 aliphatic rings. The van der Waals surface area contributed by atoms with E-state index in [0.717, 1.165) is 39.4 Å². The molecule has 1 aromatic heterocycles.